The number of unbranched alkanes of at least 4 members (excludes halogenated alkanes) is 1. The Morgan fingerprint density at radius 1 is 1.16 bits per heavy atom. The van der Waals surface area contributed by atoms with E-state index in [1.807, 2.05) is 6.92 Å². The minimum absolute atomic E-state index is 0.241. The number of carbonyl (C=O) groups excluding carboxylic acids is 2. The molecule has 0 saturated carbocycles. The number of methoxy groups -OCH3 is 1. The summed E-state index contributed by atoms with van der Waals surface area (Å²) in [5.41, 5.74) is 0.499. The molecule has 0 aliphatic rings. The lowest BCUT2D eigenvalue weighted by atomic mass is 10.1. The molecule has 4 nitrogen and oxygen atoms in total. The van der Waals surface area contributed by atoms with Gasteiger partial charge in [-0.3, -0.25) is 4.79 Å². The SMILES string of the molecule is CCCCOC(=O)/C=C/C(=O)c1ccc(OC)cc1. The molecule has 0 radical (unpaired) electrons. The van der Waals surface area contributed by atoms with Crippen LogP contribution in [0, 0.1) is 0 Å². The van der Waals surface area contributed by atoms with Gasteiger partial charge in [-0.2, -0.15) is 0 Å². The fourth-order valence-corrected chi connectivity index (χ4v) is 1.36. The van der Waals surface area contributed by atoms with Crippen molar-refractivity contribution in [3.05, 3.63) is 42.0 Å². The zero-order valence-electron chi connectivity index (χ0n) is 11.2. The van der Waals surface area contributed by atoms with Gasteiger partial charge in [0.2, 0.25) is 0 Å². The first-order chi connectivity index (χ1) is 9.17. The summed E-state index contributed by atoms with van der Waals surface area (Å²) < 4.78 is 9.91. The smallest absolute Gasteiger partial charge is 0.330 e. The Bertz CT molecular complexity index is 446. The maximum atomic E-state index is 11.7. The fraction of sp³-hybridized carbons (Fsp3) is 0.333. The molecule has 1 aromatic carbocycles. The van der Waals surface area contributed by atoms with E-state index in [9.17, 15) is 9.59 Å². The van der Waals surface area contributed by atoms with E-state index in [0.717, 1.165) is 18.9 Å². The zero-order chi connectivity index (χ0) is 14.1. The van der Waals surface area contributed by atoms with E-state index in [4.69, 9.17) is 9.47 Å². The molecule has 0 N–H and O–H groups in total. The number of hydrogen-bond acceptors (Lipinski definition) is 4. The minimum Gasteiger partial charge on any atom is -0.497 e. The van der Waals surface area contributed by atoms with Crippen LogP contribution in [0.1, 0.15) is 30.1 Å². The van der Waals surface area contributed by atoms with Crippen molar-refractivity contribution in [3.63, 3.8) is 0 Å². The maximum Gasteiger partial charge on any atom is 0.330 e. The average Bonchev–Trinajstić information content (AvgIpc) is 2.45. The Morgan fingerprint density at radius 3 is 2.42 bits per heavy atom. The van der Waals surface area contributed by atoms with Crippen LogP contribution in [0.2, 0.25) is 0 Å². The average molecular weight is 262 g/mol. The Balaban J connectivity index is 2.51. The summed E-state index contributed by atoms with van der Waals surface area (Å²) in [5, 5.41) is 0. The van der Waals surface area contributed by atoms with Crippen molar-refractivity contribution >= 4 is 11.8 Å². The Kier molecular flexibility index (Phi) is 6.36. The van der Waals surface area contributed by atoms with Crippen LogP contribution in [-0.4, -0.2) is 25.5 Å². The topological polar surface area (TPSA) is 52.6 Å². The molecule has 19 heavy (non-hydrogen) atoms. The van der Waals surface area contributed by atoms with Crippen molar-refractivity contribution < 1.29 is 19.1 Å². The van der Waals surface area contributed by atoms with E-state index in [0.29, 0.717) is 17.9 Å². The molecule has 0 aliphatic carbocycles. The highest BCUT2D eigenvalue weighted by atomic mass is 16.5. The van der Waals surface area contributed by atoms with E-state index in [-0.39, 0.29) is 5.78 Å². The van der Waals surface area contributed by atoms with Gasteiger partial charge in [0.25, 0.3) is 0 Å². The molecule has 0 unspecified atom stereocenters. The molecule has 1 rings (SSSR count). The summed E-state index contributed by atoms with van der Waals surface area (Å²) >= 11 is 0. The first kappa shape index (κ1) is 15.0. The van der Waals surface area contributed by atoms with Crippen molar-refractivity contribution in [3.8, 4) is 5.75 Å². The number of hydrogen-bond donors (Lipinski definition) is 0. The molecule has 102 valence electrons. The molecule has 0 saturated heterocycles. The second-order valence-corrected chi connectivity index (χ2v) is 3.95. The first-order valence-electron chi connectivity index (χ1n) is 6.20. The van der Waals surface area contributed by atoms with E-state index in [2.05, 4.69) is 0 Å². The van der Waals surface area contributed by atoms with Crippen molar-refractivity contribution in [1.82, 2.24) is 0 Å². The highest BCUT2D eigenvalue weighted by Crippen LogP contribution is 2.11. The summed E-state index contributed by atoms with van der Waals surface area (Å²) in [6, 6.07) is 6.68. The van der Waals surface area contributed by atoms with Crippen molar-refractivity contribution in [2.45, 2.75) is 19.8 Å². The van der Waals surface area contributed by atoms with Gasteiger partial charge in [0.15, 0.2) is 5.78 Å². The highest BCUT2D eigenvalue weighted by Gasteiger charge is 2.03. The minimum atomic E-state index is -0.490. The normalized spacial score (nSPS) is 10.4. The van der Waals surface area contributed by atoms with Crippen molar-refractivity contribution in [2.75, 3.05) is 13.7 Å². The predicted octanol–water partition coefficient (Wildman–Crippen LogP) is 2.78. The Hall–Kier alpha value is -2.10. The van der Waals surface area contributed by atoms with Gasteiger partial charge in [-0.05, 0) is 36.8 Å². The van der Waals surface area contributed by atoms with E-state index in [1.54, 1.807) is 31.4 Å². The van der Waals surface area contributed by atoms with Gasteiger partial charge < -0.3 is 9.47 Å². The summed E-state index contributed by atoms with van der Waals surface area (Å²) in [4.78, 5) is 23.0. The third kappa shape index (κ3) is 5.38. The van der Waals surface area contributed by atoms with Crippen LogP contribution in [0.4, 0.5) is 0 Å². The third-order valence-electron chi connectivity index (χ3n) is 2.49. The zero-order valence-corrected chi connectivity index (χ0v) is 11.2. The first-order valence-corrected chi connectivity index (χ1v) is 6.20. The standard InChI is InChI=1S/C15H18O4/c1-3-4-11-19-15(17)10-9-14(16)12-5-7-13(18-2)8-6-12/h5-10H,3-4,11H2,1-2H3/b10-9+. The Morgan fingerprint density at radius 2 is 1.84 bits per heavy atom. The summed E-state index contributed by atoms with van der Waals surface area (Å²) in [6.45, 7) is 2.40. The lowest BCUT2D eigenvalue weighted by Crippen LogP contribution is -2.03. The largest absolute Gasteiger partial charge is 0.497 e. The number of ether oxygens (including phenoxy) is 2. The van der Waals surface area contributed by atoms with E-state index < -0.39 is 5.97 Å². The third-order valence-corrected chi connectivity index (χ3v) is 2.49. The molecule has 0 fully saturated rings. The van der Waals surface area contributed by atoms with Crippen molar-refractivity contribution in [1.29, 1.82) is 0 Å². The van der Waals surface area contributed by atoms with Crippen LogP contribution in [0.25, 0.3) is 0 Å². The summed E-state index contributed by atoms with van der Waals surface area (Å²) in [6.07, 6.45) is 4.16. The van der Waals surface area contributed by atoms with Gasteiger partial charge in [0, 0.05) is 11.6 Å². The van der Waals surface area contributed by atoms with Gasteiger partial charge in [-0.25, -0.2) is 4.79 Å². The molecule has 0 heterocycles. The van der Waals surface area contributed by atoms with Crippen LogP contribution >= 0.6 is 0 Å². The maximum absolute atomic E-state index is 11.7. The number of benzene rings is 1. The van der Waals surface area contributed by atoms with Gasteiger partial charge in [-0.15, -0.1) is 0 Å². The number of carbonyl (C=O) groups is 2. The molecule has 1 aromatic rings. The van der Waals surface area contributed by atoms with E-state index >= 15 is 0 Å². The number of ketones is 1. The molecule has 0 aromatic heterocycles. The fourth-order valence-electron chi connectivity index (χ4n) is 1.36. The van der Waals surface area contributed by atoms with Gasteiger partial charge >= 0.3 is 5.97 Å². The molecule has 0 amide bonds. The highest BCUT2D eigenvalue weighted by molar-refractivity contribution is 6.07. The molecule has 0 atom stereocenters. The number of rotatable bonds is 7. The summed E-state index contributed by atoms with van der Waals surface area (Å²) in [5.74, 6) is -0.0510. The molecule has 0 aliphatic heterocycles. The lowest BCUT2D eigenvalue weighted by molar-refractivity contribution is -0.137. The monoisotopic (exact) mass is 262 g/mol. The van der Waals surface area contributed by atoms with Crippen LogP contribution in [0.5, 0.6) is 5.75 Å². The van der Waals surface area contributed by atoms with Crippen LogP contribution in [0.15, 0.2) is 36.4 Å². The van der Waals surface area contributed by atoms with Crippen LogP contribution < -0.4 is 4.74 Å². The number of allylic oxidation sites excluding steroid dienone is 1. The molecule has 0 bridgehead atoms. The second kappa shape index (κ2) is 8.08. The van der Waals surface area contributed by atoms with Gasteiger partial charge in [0.1, 0.15) is 5.75 Å². The predicted molar refractivity (Wildman–Crippen MR) is 72.3 cm³/mol. The van der Waals surface area contributed by atoms with Crippen LogP contribution in [-0.2, 0) is 9.53 Å². The van der Waals surface area contributed by atoms with Crippen molar-refractivity contribution in [2.24, 2.45) is 0 Å². The molecular weight excluding hydrogens is 244 g/mol. The van der Waals surface area contributed by atoms with Gasteiger partial charge in [0.05, 0.1) is 13.7 Å². The molecular formula is C15H18O4. The molecule has 0 spiro atoms. The van der Waals surface area contributed by atoms with E-state index in [1.165, 1.54) is 6.08 Å². The van der Waals surface area contributed by atoms with Gasteiger partial charge in [-0.1, -0.05) is 13.3 Å². The lowest BCUT2D eigenvalue weighted by Gasteiger charge is -2.00. The number of esters is 1. The molecule has 4 heteroatoms. The second-order valence-electron chi connectivity index (χ2n) is 3.95. The van der Waals surface area contributed by atoms with Crippen LogP contribution in [0.3, 0.4) is 0 Å². The quantitative estimate of drug-likeness (QED) is 0.328. The Labute approximate surface area is 113 Å². The summed E-state index contributed by atoms with van der Waals surface area (Å²) in [7, 11) is 1.56.